The predicted octanol–water partition coefficient (Wildman–Crippen LogP) is 0.00580. The maximum atomic E-state index is 11.1. The zero-order valence-corrected chi connectivity index (χ0v) is 13.4. The number of likely N-dealkylation sites (N-methyl/N-ethyl adjacent to an activating group) is 1. The van der Waals surface area contributed by atoms with Gasteiger partial charge in [-0.05, 0) is 14.1 Å². The predicted molar refractivity (Wildman–Crippen MR) is 78.8 cm³/mol. The highest BCUT2D eigenvalue weighted by Crippen LogP contribution is 1.93. The van der Waals surface area contributed by atoms with E-state index in [-0.39, 0.29) is 26.1 Å². The van der Waals surface area contributed by atoms with E-state index >= 15 is 0 Å². The van der Waals surface area contributed by atoms with Crippen molar-refractivity contribution in [2.45, 2.75) is 12.8 Å². The molecule has 0 amide bonds. The third-order valence-electron chi connectivity index (χ3n) is 2.46. The number of carboxylic acid groups (broad SMARTS) is 1. The van der Waals surface area contributed by atoms with Gasteiger partial charge in [0.1, 0.15) is 6.61 Å². The highest BCUT2D eigenvalue weighted by Gasteiger charge is 2.05. The lowest BCUT2D eigenvalue weighted by molar-refractivity contribution is -0.149. The molecule has 0 aliphatic heterocycles. The Morgan fingerprint density at radius 2 is 1.32 bits per heavy atom. The Balaban J connectivity index is 3.14. The monoisotopic (exact) mass is 321 g/mol. The normalized spacial score (nSPS) is 10.9. The van der Waals surface area contributed by atoms with E-state index in [4.69, 9.17) is 24.1 Å². The van der Waals surface area contributed by atoms with E-state index in [1.807, 2.05) is 19.0 Å². The molecule has 8 heteroatoms. The van der Waals surface area contributed by atoms with Gasteiger partial charge in [-0.2, -0.15) is 0 Å². The highest BCUT2D eigenvalue weighted by molar-refractivity contribution is 5.76. The summed E-state index contributed by atoms with van der Waals surface area (Å²) in [5.41, 5.74) is 0. The summed E-state index contributed by atoms with van der Waals surface area (Å²) in [6.45, 7) is 3.87. The van der Waals surface area contributed by atoms with Gasteiger partial charge in [-0.3, -0.25) is 9.59 Å². The molecule has 0 aliphatic carbocycles. The Labute approximate surface area is 131 Å². The maximum absolute atomic E-state index is 11.1. The van der Waals surface area contributed by atoms with E-state index in [2.05, 4.69) is 0 Å². The molecular formula is C14H27NO7. The number of esters is 1. The second-order valence-corrected chi connectivity index (χ2v) is 4.75. The molecule has 0 aromatic carbocycles. The van der Waals surface area contributed by atoms with E-state index in [9.17, 15) is 9.59 Å². The van der Waals surface area contributed by atoms with Gasteiger partial charge in [-0.15, -0.1) is 0 Å². The first-order valence-electron chi connectivity index (χ1n) is 7.27. The van der Waals surface area contributed by atoms with Gasteiger partial charge in [-0.25, -0.2) is 0 Å². The molecule has 0 fully saturated rings. The minimum Gasteiger partial charge on any atom is -0.481 e. The number of rotatable bonds is 15. The summed E-state index contributed by atoms with van der Waals surface area (Å²) in [7, 11) is 3.97. The van der Waals surface area contributed by atoms with Crippen LogP contribution in [0.2, 0.25) is 0 Å². The number of hydrogen-bond donors (Lipinski definition) is 1. The van der Waals surface area contributed by atoms with Crippen LogP contribution in [0.15, 0.2) is 0 Å². The van der Waals surface area contributed by atoms with Gasteiger partial charge in [-0.1, -0.05) is 0 Å². The molecule has 8 nitrogen and oxygen atoms in total. The van der Waals surface area contributed by atoms with Crippen LogP contribution in [0.3, 0.4) is 0 Å². The van der Waals surface area contributed by atoms with Crippen molar-refractivity contribution in [3.63, 3.8) is 0 Å². The molecule has 0 aromatic rings. The fourth-order valence-corrected chi connectivity index (χ4v) is 1.28. The maximum Gasteiger partial charge on any atom is 0.306 e. The molecule has 0 rings (SSSR count). The first-order valence-corrected chi connectivity index (χ1v) is 7.27. The van der Waals surface area contributed by atoms with E-state index in [1.165, 1.54) is 0 Å². The Morgan fingerprint density at radius 3 is 1.82 bits per heavy atom. The van der Waals surface area contributed by atoms with Crippen molar-refractivity contribution in [2.75, 3.05) is 66.9 Å². The summed E-state index contributed by atoms with van der Waals surface area (Å²) in [6, 6.07) is 0. The van der Waals surface area contributed by atoms with Crippen molar-refractivity contribution < 1.29 is 33.6 Å². The molecular weight excluding hydrogens is 294 g/mol. The van der Waals surface area contributed by atoms with Crippen molar-refractivity contribution in [3.8, 4) is 0 Å². The van der Waals surface area contributed by atoms with E-state index in [1.54, 1.807) is 0 Å². The number of carbonyl (C=O) groups excluding carboxylic acids is 1. The second-order valence-electron chi connectivity index (χ2n) is 4.75. The topological polar surface area (TPSA) is 94.5 Å². The molecule has 0 bridgehead atoms. The van der Waals surface area contributed by atoms with E-state index in [0.717, 1.165) is 6.54 Å². The Kier molecular flexibility index (Phi) is 13.9. The average Bonchev–Trinajstić information content (AvgIpc) is 2.45. The van der Waals surface area contributed by atoms with Crippen LogP contribution in [0.1, 0.15) is 12.8 Å². The van der Waals surface area contributed by atoms with Gasteiger partial charge in [0, 0.05) is 6.54 Å². The third kappa shape index (κ3) is 16.8. The molecule has 1 N–H and O–H groups in total. The molecule has 0 saturated heterocycles. The summed E-state index contributed by atoms with van der Waals surface area (Å²) in [5.74, 6) is -1.55. The zero-order valence-electron chi connectivity index (χ0n) is 13.4. The standard InChI is InChI=1S/C14H27NO7/c1-15(2)5-6-19-7-8-20-9-10-21-11-12-22-14(18)4-3-13(16)17/h3-12H2,1-2H3,(H,16,17). The summed E-state index contributed by atoms with van der Waals surface area (Å²) < 4.78 is 20.6. The molecule has 0 spiro atoms. The quantitative estimate of drug-likeness (QED) is 0.333. The molecule has 0 radical (unpaired) electrons. The van der Waals surface area contributed by atoms with Crippen LogP contribution in [-0.2, 0) is 28.5 Å². The number of carboxylic acids is 1. The van der Waals surface area contributed by atoms with Gasteiger partial charge < -0.3 is 29.0 Å². The molecule has 0 heterocycles. The van der Waals surface area contributed by atoms with Crippen LogP contribution in [-0.4, -0.2) is 88.8 Å². The Bertz CT molecular complexity index is 297. The van der Waals surface area contributed by atoms with Crippen molar-refractivity contribution in [1.82, 2.24) is 4.90 Å². The highest BCUT2D eigenvalue weighted by atomic mass is 16.6. The fourth-order valence-electron chi connectivity index (χ4n) is 1.28. The van der Waals surface area contributed by atoms with Crippen molar-refractivity contribution in [1.29, 1.82) is 0 Å². The number of aliphatic carboxylic acids is 1. The molecule has 0 saturated carbocycles. The molecule has 22 heavy (non-hydrogen) atoms. The second kappa shape index (κ2) is 14.7. The van der Waals surface area contributed by atoms with Crippen LogP contribution >= 0.6 is 0 Å². The van der Waals surface area contributed by atoms with Gasteiger partial charge in [0.15, 0.2) is 0 Å². The van der Waals surface area contributed by atoms with Gasteiger partial charge in [0.2, 0.25) is 0 Å². The van der Waals surface area contributed by atoms with E-state index < -0.39 is 11.9 Å². The lowest BCUT2D eigenvalue weighted by atomic mass is 10.3. The largest absolute Gasteiger partial charge is 0.481 e. The Hall–Kier alpha value is -1.22. The molecule has 130 valence electrons. The lowest BCUT2D eigenvalue weighted by Gasteiger charge is -2.10. The van der Waals surface area contributed by atoms with Crippen LogP contribution in [0.5, 0.6) is 0 Å². The van der Waals surface area contributed by atoms with Gasteiger partial charge in [0.05, 0.1) is 52.5 Å². The zero-order chi connectivity index (χ0) is 16.6. The van der Waals surface area contributed by atoms with Crippen molar-refractivity contribution >= 4 is 11.9 Å². The summed E-state index contributed by atoms with van der Waals surface area (Å²) in [4.78, 5) is 23.3. The molecule has 0 aromatic heterocycles. The Morgan fingerprint density at radius 1 is 0.818 bits per heavy atom. The summed E-state index contributed by atoms with van der Waals surface area (Å²) in [5, 5.41) is 8.39. The summed E-state index contributed by atoms with van der Waals surface area (Å²) in [6.07, 6.45) is -0.337. The number of nitrogens with zero attached hydrogens (tertiary/aromatic N) is 1. The first kappa shape index (κ1) is 20.8. The van der Waals surface area contributed by atoms with Crippen LogP contribution < -0.4 is 0 Å². The van der Waals surface area contributed by atoms with E-state index in [0.29, 0.717) is 33.0 Å². The molecule has 0 unspecified atom stereocenters. The van der Waals surface area contributed by atoms with Gasteiger partial charge >= 0.3 is 11.9 Å². The SMILES string of the molecule is CN(C)CCOCCOCCOCCOC(=O)CCC(=O)O. The van der Waals surface area contributed by atoms with Crippen molar-refractivity contribution in [2.24, 2.45) is 0 Å². The summed E-state index contributed by atoms with van der Waals surface area (Å²) >= 11 is 0. The lowest BCUT2D eigenvalue weighted by Crippen LogP contribution is -2.19. The number of carbonyl (C=O) groups is 2. The number of hydrogen-bond acceptors (Lipinski definition) is 7. The molecule has 0 aliphatic rings. The average molecular weight is 321 g/mol. The van der Waals surface area contributed by atoms with Gasteiger partial charge in [0.25, 0.3) is 0 Å². The fraction of sp³-hybridized carbons (Fsp3) is 0.857. The van der Waals surface area contributed by atoms with Crippen LogP contribution in [0.4, 0.5) is 0 Å². The van der Waals surface area contributed by atoms with Crippen molar-refractivity contribution in [3.05, 3.63) is 0 Å². The molecule has 0 atom stereocenters. The minimum absolute atomic E-state index is 0.117. The first-order chi connectivity index (χ1) is 10.5. The smallest absolute Gasteiger partial charge is 0.306 e. The van der Waals surface area contributed by atoms with Crippen LogP contribution in [0.25, 0.3) is 0 Å². The number of ether oxygens (including phenoxy) is 4. The third-order valence-corrected chi connectivity index (χ3v) is 2.46. The minimum atomic E-state index is -1.02. The van der Waals surface area contributed by atoms with Crippen LogP contribution in [0, 0.1) is 0 Å².